The molecule has 2 fully saturated rings. The fraction of sp³-hybridized carbons (Fsp3) is 0.296. The number of hydrogen-bond donors (Lipinski definition) is 2. The molecule has 0 bridgehead atoms. The van der Waals surface area contributed by atoms with Crippen LogP contribution in [0.2, 0.25) is 15.2 Å². The van der Waals surface area contributed by atoms with Crippen molar-refractivity contribution in [2.45, 2.75) is 35.5 Å². The minimum atomic E-state index is -3.54. The third-order valence-corrected chi connectivity index (χ3v) is 11.9. The molecule has 0 radical (unpaired) electrons. The monoisotopic (exact) mass is 683 g/mol. The summed E-state index contributed by atoms with van der Waals surface area (Å²) in [5, 5.41) is 3.50. The largest absolute Gasteiger partial charge is 0.370 e. The van der Waals surface area contributed by atoms with E-state index in [1.807, 2.05) is 0 Å². The van der Waals surface area contributed by atoms with Gasteiger partial charge in [-0.25, -0.2) is 26.8 Å². The van der Waals surface area contributed by atoms with Gasteiger partial charge in [0.1, 0.15) is 5.15 Å². The molecule has 6 rings (SSSR count). The minimum absolute atomic E-state index is 0.158. The minimum Gasteiger partial charge on any atom is -0.370 e. The first-order valence-corrected chi connectivity index (χ1v) is 17.3. The van der Waals surface area contributed by atoms with Crippen molar-refractivity contribution in [2.75, 3.05) is 26.2 Å². The highest BCUT2D eigenvalue weighted by molar-refractivity contribution is 7.89. The summed E-state index contributed by atoms with van der Waals surface area (Å²) in [7, 11) is -6.99. The van der Waals surface area contributed by atoms with Crippen LogP contribution in [0.4, 0.5) is 5.82 Å². The Morgan fingerprint density at radius 3 is 1.60 bits per heavy atom. The number of guanidine groups is 1. The van der Waals surface area contributed by atoms with Crippen LogP contribution in [0, 0.1) is 0 Å². The van der Waals surface area contributed by atoms with Crippen molar-refractivity contribution in [3.8, 4) is 0 Å². The zero-order chi connectivity index (χ0) is 30.9. The van der Waals surface area contributed by atoms with Crippen LogP contribution in [0.25, 0.3) is 21.5 Å². The molecule has 2 aliphatic heterocycles. The Hall–Kier alpha value is -2.78. The molecule has 2 aromatic heterocycles. The van der Waals surface area contributed by atoms with Crippen molar-refractivity contribution in [1.82, 2.24) is 18.6 Å². The standard InChI is InChI=1S/C14H16ClN5O2S.C13H12Cl2N2O2S/c15-12-8-18-13(19-14(16)17)11-7-9(3-4-10(11)12)23(21,22)20-5-1-2-6-20;14-12-8-16-13(15)11-7-9(3-4-10(11)12)20(18,19)17-5-1-2-6-17/h3-4,7-8H,1-2,5-6H2,(H4,16,17,18,19);3-4,7-8H,1-2,5-6H2. The van der Waals surface area contributed by atoms with E-state index in [1.54, 1.807) is 30.3 Å². The van der Waals surface area contributed by atoms with E-state index >= 15 is 0 Å². The van der Waals surface area contributed by atoms with Crippen molar-refractivity contribution in [3.63, 3.8) is 0 Å². The molecule has 16 heteroatoms. The molecule has 0 unspecified atom stereocenters. The maximum absolute atomic E-state index is 12.7. The summed E-state index contributed by atoms with van der Waals surface area (Å²) in [6.07, 6.45) is 6.45. The number of nitrogens with two attached hydrogens (primary N) is 2. The van der Waals surface area contributed by atoms with E-state index in [0.717, 1.165) is 25.7 Å². The van der Waals surface area contributed by atoms with E-state index in [9.17, 15) is 16.8 Å². The van der Waals surface area contributed by atoms with Crippen molar-refractivity contribution in [1.29, 1.82) is 0 Å². The summed E-state index contributed by atoms with van der Waals surface area (Å²) in [6, 6.07) is 9.50. The van der Waals surface area contributed by atoms with Crippen molar-refractivity contribution in [2.24, 2.45) is 16.5 Å². The fourth-order valence-electron chi connectivity index (χ4n) is 5.02. The molecule has 0 amide bonds. The molecule has 4 aromatic rings. The topological polar surface area (TPSA) is 165 Å². The Labute approximate surface area is 264 Å². The number of hydrogen-bond acceptors (Lipinski definition) is 7. The van der Waals surface area contributed by atoms with Gasteiger partial charge in [0.15, 0.2) is 11.8 Å². The fourth-order valence-corrected chi connectivity index (χ4v) is 8.74. The molecule has 0 spiro atoms. The second-order valence-corrected chi connectivity index (χ2v) is 15.0. The number of fused-ring (bicyclic) bond motifs is 2. The maximum Gasteiger partial charge on any atom is 0.243 e. The lowest BCUT2D eigenvalue weighted by Gasteiger charge is -2.16. The van der Waals surface area contributed by atoms with Crippen molar-refractivity contribution in [3.05, 3.63) is 64.0 Å². The first kappa shape index (κ1) is 31.6. The molecule has 228 valence electrons. The molecule has 2 saturated heterocycles. The van der Waals surface area contributed by atoms with E-state index in [4.69, 9.17) is 46.3 Å². The molecule has 0 aliphatic carbocycles. The van der Waals surface area contributed by atoms with Crippen LogP contribution < -0.4 is 11.5 Å². The molecule has 0 saturated carbocycles. The van der Waals surface area contributed by atoms with Crippen molar-refractivity contribution < 1.29 is 16.8 Å². The molecule has 43 heavy (non-hydrogen) atoms. The summed E-state index contributed by atoms with van der Waals surface area (Å²) in [5.41, 5.74) is 10.8. The van der Waals surface area contributed by atoms with Crippen molar-refractivity contribution >= 4 is 88.2 Å². The van der Waals surface area contributed by atoms with Gasteiger partial charge in [-0.3, -0.25) is 0 Å². The highest BCUT2D eigenvalue weighted by atomic mass is 35.5. The predicted octanol–water partition coefficient (Wildman–Crippen LogP) is 4.90. The summed E-state index contributed by atoms with van der Waals surface area (Å²) in [6.45, 7) is 2.22. The number of sulfonamides is 2. The van der Waals surface area contributed by atoms with E-state index in [2.05, 4.69) is 15.0 Å². The summed E-state index contributed by atoms with van der Waals surface area (Å²) in [4.78, 5) is 12.4. The third-order valence-electron chi connectivity index (χ3n) is 7.19. The number of aliphatic imine (C=N–C) groups is 1. The second-order valence-electron chi connectivity index (χ2n) is 10.0. The highest BCUT2D eigenvalue weighted by Crippen LogP contribution is 2.33. The van der Waals surface area contributed by atoms with E-state index in [1.165, 1.54) is 27.1 Å². The molecular formula is C27H28Cl3N7O4S2. The lowest BCUT2D eigenvalue weighted by molar-refractivity contribution is 0.476. The third kappa shape index (κ3) is 6.53. The number of rotatable bonds is 5. The van der Waals surface area contributed by atoms with Gasteiger partial charge < -0.3 is 11.5 Å². The predicted molar refractivity (Wildman–Crippen MR) is 170 cm³/mol. The Balaban J connectivity index is 0.000000173. The maximum atomic E-state index is 12.7. The van der Waals surface area contributed by atoms with Crippen LogP contribution in [-0.4, -0.2) is 67.6 Å². The number of halogens is 3. The summed E-state index contributed by atoms with van der Waals surface area (Å²) in [5.74, 6) is 0.0804. The van der Waals surface area contributed by atoms with E-state index in [0.29, 0.717) is 57.8 Å². The van der Waals surface area contributed by atoms with Gasteiger partial charge in [0.05, 0.1) is 19.8 Å². The van der Waals surface area contributed by atoms with Crippen LogP contribution in [-0.2, 0) is 20.0 Å². The first-order chi connectivity index (χ1) is 20.4. The second kappa shape index (κ2) is 12.7. The highest BCUT2D eigenvalue weighted by Gasteiger charge is 2.29. The van der Waals surface area contributed by atoms with Crippen LogP contribution in [0.15, 0.2) is 63.6 Å². The van der Waals surface area contributed by atoms with Gasteiger partial charge in [0.25, 0.3) is 0 Å². The Morgan fingerprint density at radius 1 is 0.674 bits per heavy atom. The summed E-state index contributed by atoms with van der Waals surface area (Å²) < 4.78 is 53.4. The van der Waals surface area contributed by atoms with Crippen LogP contribution >= 0.6 is 34.8 Å². The van der Waals surface area contributed by atoms with E-state index in [-0.39, 0.29) is 26.7 Å². The van der Waals surface area contributed by atoms with Crippen LogP contribution in [0.1, 0.15) is 25.7 Å². The SMILES string of the molecule is NC(N)=Nc1ncc(Cl)c2ccc(S(=O)(=O)N3CCCC3)cc12.O=S(=O)(c1ccc2c(Cl)cnc(Cl)c2c1)N1CCCC1. The Bertz CT molecular complexity index is 1940. The van der Waals surface area contributed by atoms with E-state index < -0.39 is 20.0 Å². The first-order valence-electron chi connectivity index (χ1n) is 13.3. The van der Waals surface area contributed by atoms with Crippen LogP contribution in [0.3, 0.4) is 0 Å². The number of nitrogens with zero attached hydrogens (tertiary/aromatic N) is 5. The van der Waals surface area contributed by atoms with Gasteiger partial charge in [0, 0.05) is 60.1 Å². The van der Waals surface area contributed by atoms with Crippen LogP contribution in [0.5, 0.6) is 0 Å². The molecular weight excluding hydrogens is 657 g/mol. The lowest BCUT2D eigenvalue weighted by atomic mass is 10.1. The van der Waals surface area contributed by atoms with Gasteiger partial charge >= 0.3 is 0 Å². The van der Waals surface area contributed by atoms with Gasteiger partial charge in [-0.2, -0.15) is 13.6 Å². The van der Waals surface area contributed by atoms with Gasteiger partial charge in [-0.15, -0.1) is 0 Å². The molecule has 2 aromatic carbocycles. The van der Waals surface area contributed by atoms with Gasteiger partial charge in [-0.1, -0.05) is 46.9 Å². The smallest absolute Gasteiger partial charge is 0.243 e. The Kier molecular flexibility index (Phi) is 9.33. The van der Waals surface area contributed by atoms with Gasteiger partial charge in [-0.05, 0) is 49.9 Å². The molecule has 2 aliphatic rings. The zero-order valence-electron chi connectivity index (χ0n) is 22.7. The normalized spacial score (nSPS) is 16.3. The summed E-state index contributed by atoms with van der Waals surface area (Å²) >= 11 is 18.2. The zero-order valence-corrected chi connectivity index (χ0v) is 26.7. The lowest BCUT2D eigenvalue weighted by Crippen LogP contribution is -2.27. The molecule has 0 atom stereocenters. The molecule has 4 N–H and O–H groups in total. The molecule has 11 nitrogen and oxygen atoms in total. The average Bonchev–Trinajstić information content (AvgIpc) is 3.72. The van der Waals surface area contributed by atoms with Gasteiger partial charge in [0.2, 0.25) is 20.0 Å². The Morgan fingerprint density at radius 2 is 1.12 bits per heavy atom. The number of benzene rings is 2. The quantitative estimate of drug-likeness (QED) is 0.170. The number of pyridine rings is 2. The molecule has 4 heterocycles. The number of aromatic nitrogens is 2. The average molecular weight is 685 g/mol.